The van der Waals surface area contributed by atoms with Crippen molar-refractivity contribution in [2.75, 3.05) is 12.3 Å². The monoisotopic (exact) mass is 450 g/mol. The van der Waals surface area contributed by atoms with Crippen LogP contribution in [0.1, 0.15) is 17.5 Å². The predicted molar refractivity (Wildman–Crippen MR) is 98.8 cm³/mol. The highest BCUT2D eigenvalue weighted by Crippen LogP contribution is 2.48. The average Bonchev–Trinajstić information content (AvgIpc) is 2.95. The molecule has 1 aliphatic rings. The molecule has 1 unspecified atom stereocenters. The van der Waals surface area contributed by atoms with Gasteiger partial charge in [-0.3, -0.25) is 4.99 Å². The molecule has 2 nitrogen and oxygen atoms in total. The Morgan fingerprint density at radius 2 is 1.72 bits per heavy atom. The minimum Gasteiger partial charge on any atom is -0.398 e. The Balaban J connectivity index is 2.04. The van der Waals surface area contributed by atoms with E-state index in [0.717, 1.165) is 0 Å². The van der Waals surface area contributed by atoms with Gasteiger partial charge in [-0.15, -0.1) is 0 Å². The molecule has 0 spiro atoms. The van der Waals surface area contributed by atoms with Crippen LogP contribution in [0.2, 0.25) is 10.0 Å². The van der Waals surface area contributed by atoms with Crippen LogP contribution in [0.5, 0.6) is 0 Å². The molecule has 2 N–H and O–H groups in total. The molecule has 2 aromatic rings. The largest absolute Gasteiger partial charge is 0.400 e. The SMILES string of the molecule is Nc1ccc(C2=NCC(c3cc(Cl)cc(Cl)c3)(C(F)(F)F)C2)cc1Br. The quantitative estimate of drug-likeness (QED) is 0.556. The zero-order valence-electron chi connectivity index (χ0n) is 12.7. The van der Waals surface area contributed by atoms with Crippen molar-refractivity contribution < 1.29 is 13.2 Å². The molecule has 0 saturated heterocycles. The lowest BCUT2D eigenvalue weighted by molar-refractivity contribution is -0.183. The van der Waals surface area contributed by atoms with Crippen molar-refractivity contribution in [3.63, 3.8) is 0 Å². The summed E-state index contributed by atoms with van der Waals surface area (Å²) in [4.78, 5) is 4.18. The smallest absolute Gasteiger partial charge is 0.398 e. The van der Waals surface area contributed by atoms with Crippen LogP contribution < -0.4 is 5.73 Å². The second kappa shape index (κ2) is 6.49. The predicted octanol–water partition coefficient (Wildman–Crippen LogP) is 6.03. The van der Waals surface area contributed by atoms with Gasteiger partial charge >= 0.3 is 6.18 Å². The molecule has 1 atom stereocenters. The highest BCUT2D eigenvalue weighted by atomic mass is 79.9. The molecule has 0 saturated carbocycles. The summed E-state index contributed by atoms with van der Waals surface area (Å²) in [5.74, 6) is 0. The summed E-state index contributed by atoms with van der Waals surface area (Å²) in [6, 6.07) is 8.98. The van der Waals surface area contributed by atoms with Gasteiger partial charge in [0.1, 0.15) is 5.41 Å². The Morgan fingerprint density at radius 3 is 2.28 bits per heavy atom. The van der Waals surface area contributed by atoms with Crippen LogP contribution in [-0.4, -0.2) is 18.4 Å². The van der Waals surface area contributed by atoms with Gasteiger partial charge in [-0.2, -0.15) is 13.2 Å². The van der Waals surface area contributed by atoms with Crippen LogP contribution >= 0.6 is 39.1 Å². The molecule has 0 aromatic heterocycles. The van der Waals surface area contributed by atoms with Crippen LogP contribution in [0, 0.1) is 0 Å². The summed E-state index contributed by atoms with van der Waals surface area (Å²) in [5, 5.41) is 0.324. The van der Waals surface area contributed by atoms with E-state index in [2.05, 4.69) is 20.9 Å². The molecule has 1 heterocycles. The van der Waals surface area contributed by atoms with E-state index in [0.29, 0.717) is 21.4 Å². The number of halogens is 6. The first-order valence-electron chi connectivity index (χ1n) is 7.24. The van der Waals surface area contributed by atoms with Gasteiger partial charge in [0, 0.05) is 32.3 Å². The third-order valence-electron chi connectivity index (χ3n) is 4.30. The summed E-state index contributed by atoms with van der Waals surface area (Å²) >= 11 is 15.1. The van der Waals surface area contributed by atoms with E-state index < -0.39 is 18.1 Å². The zero-order valence-corrected chi connectivity index (χ0v) is 15.8. The number of alkyl halides is 3. The molecule has 0 bridgehead atoms. The van der Waals surface area contributed by atoms with E-state index in [1.165, 1.54) is 18.2 Å². The maximum Gasteiger partial charge on any atom is 0.400 e. The summed E-state index contributed by atoms with van der Waals surface area (Å²) in [7, 11) is 0. The van der Waals surface area contributed by atoms with Crippen molar-refractivity contribution in [3.05, 3.63) is 62.0 Å². The molecule has 0 aliphatic carbocycles. The first-order valence-corrected chi connectivity index (χ1v) is 8.79. The molecular formula is C17H12BrCl2F3N2. The van der Waals surface area contributed by atoms with Crippen molar-refractivity contribution in [3.8, 4) is 0 Å². The molecular weight excluding hydrogens is 440 g/mol. The lowest BCUT2D eigenvalue weighted by Gasteiger charge is -2.31. The molecule has 1 aliphatic heterocycles. The first kappa shape index (κ1) is 18.5. The molecule has 2 aromatic carbocycles. The highest BCUT2D eigenvalue weighted by Gasteiger charge is 2.58. The number of nitrogens with two attached hydrogens (primary N) is 1. The Kier molecular flexibility index (Phi) is 4.81. The van der Waals surface area contributed by atoms with Gasteiger partial charge in [-0.25, -0.2) is 0 Å². The molecule has 0 amide bonds. The normalized spacial score (nSPS) is 20.6. The molecule has 8 heteroatoms. The van der Waals surface area contributed by atoms with Gasteiger partial charge < -0.3 is 5.73 Å². The Morgan fingerprint density at radius 1 is 1.08 bits per heavy atom. The third-order valence-corrected chi connectivity index (χ3v) is 5.42. The van der Waals surface area contributed by atoms with Crippen LogP contribution in [0.3, 0.4) is 0 Å². The van der Waals surface area contributed by atoms with Gasteiger partial charge in [0.25, 0.3) is 0 Å². The minimum atomic E-state index is -4.50. The van der Waals surface area contributed by atoms with Crippen molar-refractivity contribution >= 4 is 50.5 Å². The molecule has 3 rings (SSSR count). The maximum atomic E-state index is 14.0. The summed E-state index contributed by atoms with van der Waals surface area (Å²) in [6.45, 7) is -0.412. The van der Waals surface area contributed by atoms with E-state index in [-0.39, 0.29) is 22.0 Å². The fraction of sp³-hybridized carbons (Fsp3) is 0.235. The van der Waals surface area contributed by atoms with E-state index >= 15 is 0 Å². The maximum absolute atomic E-state index is 14.0. The number of anilines is 1. The van der Waals surface area contributed by atoms with Crippen LogP contribution in [0.4, 0.5) is 18.9 Å². The average molecular weight is 452 g/mol. The minimum absolute atomic E-state index is 0.0192. The van der Waals surface area contributed by atoms with Gasteiger partial charge in [-0.1, -0.05) is 29.3 Å². The summed E-state index contributed by atoms with van der Waals surface area (Å²) in [5.41, 5.74) is 5.08. The van der Waals surface area contributed by atoms with Crippen molar-refractivity contribution in [2.24, 2.45) is 4.99 Å². The van der Waals surface area contributed by atoms with E-state index in [4.69, 9.17) is 28.9 Å². The molecule has 0 radical (unpaired) electrons. The van der Waals surface area contributed by atoms with Crippen LogP contribution in [0.15, 0.2) is 45.9 Å². The molecule has 25 heavy (non-hydrogen) atoms. The fourth-order valence-corrected chi connectivity index (χ4v) is 3.81. The van der Waals surface area contributed by atoms with Crippen molar-refractivity contribution in [2.45, 2.75) is 18.0 Å². The van der Waals surface area contributed by atoms with Gasteiger partial charge in [0.15, 0.2) is 0 Å². The third kappa shape index (κ3) is 3.39. The Labute approximate surface area is 161 Å². The number of hydrogen-bond donors (Lipinski definition) is 1. The molecule has 132 valence electrons. The zero-order chi connectivity index (χ0) is 18.4. The number of benzene rings is 2. The van der Waals surface area contributed by atoms with Crippen LogP contribution in [0.25, 0.3) is 0 Å². The summed E-state index contributed by atoms with van der Waals surface area (Å²) < 4.78 is 42.6. The fourth-order valence-electron chi connectivity index (χ4n) is 2.91. The van der Waals surface area contributed by atoms with Gasteiger partial charge in [-0.05, 0) is 57.4 Å². The second-order valence-corrected chi connectivity index (χ2v) is 7.64. The second-order valence-electron chi connectivity index (χ2n) is 5.91. The lowest BCUT2D eigenvalue weighted by atomic mass is 9.76. The van der Waals surface area contributed by atoms with Crippen molar-refractivity contribution in [1.29, 1.82) is 0 Å². The summed E-state index contributed by atoms with van der Waals surface area (Å²) in [6.07, 6.45) is -4.79. The van der Waals surface area contributed by atoms with E-state index in [1.54, 1.807) is 18.2 Å². The van der Waals surface area contributed by atoms with Gasteiger partial charge in [0.05, 0.1) is 6.54 Å². The highest BCUT2D eigenvalue weighted by molar-refractivity contribution is 9.10. The van der Waals surface area contributed by atoms with Gasteiger partial charge in [0.2, 0.25) is 0 Å². The van der Waals surface area contributed by atoms with E-state index in [9.17, 15) is 13.2 Å². The Bertz CT molecular complexity index is 847. The first-order chi connectivity index (χ1) is 11.6. The Hall–Kier alpha value is -1.24. The standard InChI is InChI=1S/C17H12BrCl2F3N2/c18-13-3-9(1-2-14(13)24)15-7-16(8-25-15,17(21,22)23)10-4-11(19)6-12(20)5-10/h1-6H,7-8,24H2. The number of rotatable bonds is 2. The molecule has 0 fully saturated rings. The number of aliphatic imine (C=N–C) groups is 1. The van der Waals surface area contributed by atoms with Crippen molar-refractivity contribution in [1.82, 2.24) is 0 Å². The lowest BCUT2D eigenvalue weighted by Crippen LogP contribution is -2.43. The number of hydrogen-bond acceptors (Lipinski definition) is 2. The van der Waals surface area contributed by atoms with Crippen LogP contribution in [-0.2, 0) is 5.41 Å². The number of nitrogen functional groups attached to an aromatic ring is 1. The van der Waals surface area contributed by atoms with E-state index in [1.807, 2.05) is 0 Å². The topological polar surface area (TPSA) is 38.4 Å². The number of nitrogens with zero attached hydrogens (tertiary/aromatic N) is 1.